The van der Waals surface area contributed by atoms with Crippen LogP contribution in [-0.4, -0.2) is 33.4 Å². The molecule has 0 spiro atoms. The number of methoxy groups -OCH3 is 4. The molecule has 1 N–H and O–H groups in total. The lowest BCUT2D eigenvalue weighted by molar-refractivity contribution is 0.327. The van der Waals surface area contributed by atoms with Gasteiger partial charge in [0.2, 0.25) is 5.75 Å². The van der Waals surface area contributed by atoms with Crippen molar-refractivity contribution in [1.82, 2.24) is 4.98 Å². The van der Waals surface area contributed by atoms with E-state index in [2.05, 4.69) is 4.98 Å². The number of fused-ring (bicyclic) bond motifs is 3. The van der Waals surface area contributed by atoms with Crippen molar-refractivity contribution in [3.8, 4) is 23.0 Å². The summed E-state index contributed by atoms with van der Waals surface area (Å²) in [6, 6.07) is 5.54. The molecule has 0 bridgehead atoms. The summed E-state index contributed by atoms with van der Waals surface area (Å²) in [6.07, 6.45) is 0. The van der Waals surface area contributed by atoms with Crippen molar-refractivity contribution in [3.05, 3.63) is 23.2 Å². The van der Waals surface area contributed by atoms with E-state index in [1.807, 2.05) is 12.1 Å². The van der Waals surface area contributed by atoms with E-state index in [9.17, 15) is 0 Å². The number of benzene rings is 2. The van der Waals surface area contributed by atoms with Crippen LogP contribution in [0.25, 0.3) is 21.8 Å². The molecule has 2 aromatic carbocycles. The Labute approximate surface area is 132 Å². The molecule has 3 aromatic rings. The molecule has 0 aliphatic heterocycles. The van der Waals surface area contributed by atoms with Gasteiger partial charge in [-0.1, -0.05) is 11.6 Å². The fourth-order valence-electron chi connectivity index (χ4n) is 2.70. The number of ether oxygens (including phenoxy) is 4. The summed E-state index contributed by atoms with van der Waals surface area (Å²) in [4.78, 5) is 3.33. The van der Waals surface area contributed by atoms with E-state index in [0.29, 0.717) is 28.0 Å². The first-order chi connectivity index (χ1) is 10.6. The minimum atomic E-state index is 0.536. The molecule has 5 nitrogen and oxygen atoms in total. The monoisotopic (exact) mass is 321 g/mol. The Balaban J connectivity index is 2.51. The molecule has 116 valence electrons. The maximum atomic E-state index is 6.18. The summed E-state index contributed by atoms with van der Waals surface area (Å²) >= 11 is 6.18. The van der Waals surface area contributed by atoms with Gasteiger partial charge in [0.15, 0.2) is 11.5 Å². The molecular formula is C16H16ClNO4. The van der Waals surface area contributed by atoms with E-state index in [-0.39, 0.29) is 0 Å². The number of aromatic amines is 1. The van der Waals surface area contributed by atoms with Crippen LogP contribution in [0.2, 0.25) is 5.02 Å². The zero-order valence-corrected chi connectivity index (χ0v) is 13.5. The largest absolute Gasteiger partial charge is 0.495 e. The number of H-pyrrole nitrogens is 1. The van der Waals surface area contributed by atoms with Gasteiger partial charge in [0.05, 0.1) is 39.5 Å². The standard InChI is InChI=1S/C16H16ClNO4/c1-19-11-6-8(17)5-9-10-7-12(20-2)15(21-3)16(22-4)14(10)18-13(9)11/h5-7,18H,1-4H3. The smallest absolute Gasteiger partial charge is 0.205 e. The van der Waals surface area contributed by atoms with E-state index in [1.165, 1.54) is 0 Å². The Morgan fingerprint density at radius 2 is 1.36 bits per heavy atom. The van der Waals surface area contributed by atoms with Crippen LogP contribution >= 0.6 is 11.6 Å². The van der Waals surface area contributed by atoms with E-state index >= 15 is 0 Å². The molecule has 0 fully saturated rings. The fourth-order valence-corrected chi connectivity index (χ4v) is 2.91. The number of aromatic nitrogens is 1. The van der Waals surface area contributed by atoms with Crippen LogP contribution < -0.4 is 18.9 Å². The van der Waals surface area contributed by atoms with E-state index in [4.69, 9.17) is 30.5 Å². The first-order valence-corrected chi connectivity index (χ1v) is 7.00. The van der Waals surface area contributed by atoms with Gasteiger partial charge in [-0.3, -0.25) is 0 Å². The molecule has 0 radical (unpaired) electrons. The van der Waals surface area contributed by atoms with Gasteiger partial charge < -0.3 is 23.9 Å². The summed E-state index contributed by atoms with van der Waals surface area (Å²) in [5.41, 5.74) is 1.64. The lowest BCUT2D eigenvalue weighted by atomic mass is 10.1. The van der Waals surface area contributed by atoms with E-state index in [1.54, 1.807) is 34.5 Å². The van der Waals surface area contributed by atoms with E-state index in [0.717, 1.165) is 21.8 Å². The van der Waals surface area contributed by atoms with Crippen molar-refractivity contribution in [2.75, 3.05) is 28.4 Å². The average molecular weight is 322 g/mol. The fraction of sp³-hybridized carbons (Fsp3) is 0.250. The molecule has 6 heteroatoms. The van der Waals surface area contributed by atoms with Gasteiger partial charge in [-0.05, 0) is 12.1 Å². The molecule has 0 unspecified atom stereocenters. The van der Waals surface area contributed by atoms with Gasteiger partial charge >= 0.3 is 0 Å². The normalized spacial score (nSPS) is 11.0. The van der Waals surface area contributed by atoms with Crippen LogP contribution in [0, 0.1) is 0 Å². The van der Waals surface area contributed by atoms with E-state index < -0.39 is 0 Å². The first-order valence-electron chi connectivity index (χ1n) is 6.62. The van der Waals surface area contributed by atoms with Crippen LogP contribution in [0.15, 0.2) is 18.2 Å². The second kappa shape index (κ2) is 5.50. The van der Waals surface area contributed by atoms with Crippen LogP contribution in [-0.2, 0) is 0 Å². The predicted octanol–water partition coefficient (Wildman–Crippen LogP) is 4.01. The van der Waals surface area contributed by atoms with Gasteiger partial charge in [-0.2, -0.15) is 0 Å². The lowest BCUT2D eigenvalue weighted by Crippen LogP contribution is -1.95. The molecule has 1 aromatic heterocycles. The molecule has 0 amide bonds. The van der Waals surface area contributed by atoms with Gasteiger partial charge in [0.25, 0.3) is 0 Å². The van der Waals surface area contributed by atoms with Gasteiger partial charge in [0, 0.05) is 21.9 Å². The lowest BCUT2D eigenvalue weighted by Gasteiger charge is -2.12. The minimum absolute atomic E-state index is 0.536. The Morgan fingerprint density at radius 3 is 1.95 bits per heavy atom. The molecular weight excluding hydrogens is 306 g/mol. The Morgan fingerprint density at radius 1 is 0.727 bits per heavy atom. The summed E-state index contributed by atoms with van der Waals surface area (Å²) in [5.74, 6) is 2.37. The molecule has 0 saturated carbocycles. The number of hydrogen-bond acceptors (Lipinski definition) is 4. The maximum Gasteiger partial charge on any atom is 0.205 e. The van der Waals surface area contributed by atoms with Gasteiger partial charge in [0.1, 0.15) is 5.75 Å². The molecule has 0 aliphatic carbocycles. The summed E-state index contributed by atoms with van der Waals surface area (Å²) in [7, 11) is 6.36. The van der Waals surface area contributed by atoms with Crippen molar-refractivity contribution < 1.29 is 18.9 Å². The van der Waals surface area contributed by atoms with Crippen molar-refractivity contribution in [2.24, 2.45) is 0 Å². The first kappa shape index (κ1) is 14.7. The third kappa shape index (κ3) is 2.01. The Kier molecular flexibility index (Phi) is 3.66. The second-order valence-corrected chi connectivity index (χ2v) is 5.16. The summed E-state index contributed by atoms with van der Waals surface area (Å²) in [5, 5.41) is 2.45. The molecule has 22 heavy (non-hydrogen) atoms. The highest BCUT2D eigenvalue weighted by molar-refractivity contribution is 6.32. The molecule has 0 saturated heterocycles. The van der Waals surface area contributed by atoms with Crippen molar-refractivity contribution in [3.63, 3.8) is 0 Å². The topological polar surface area (TPSA) is 52.7 Å². The summed E-state index contributed by atoms with van der Waals surface area (Å²) < 4.78 is 21.7. The SMILES string of the molecule is COc1cc2c([nH]c3c(OC)cc(Cl)cc32)c(OC)c1OC. The number of halogens is 1. The number of nitrogens with one attached hydrogen (secondary N) is 1. The van der Waals surface area contributed by atoms with Crippen molar-refractivity contribution >= 4 is 33.4 Å². The van der Waals surface area contributed by atoms with Crippen LogP contribution in [0.4, 0.5) is 0 Å². The minimum Gasteiger partial charge on any atom is -0.495 e. The summed E-state index contributed by atoms with van der Waals surface area (Å²) in [6.45, 7) is 0. The van der Waals surface area contributed by atoms with Gasteiger partial charge in [-0.15, -0.1) is 0 Å². The Bertz CT molecular complexity index is 857. The van der Waals surface area contributed by atoms with Crippen molar-refractivity contribution in [2.45, 2.75) is 0 Å². The molecule has 1 heterocycles. The Hall–Kier alpha value is -2.27. The molecule has 3 rings (SSSR count). The highest BCUT2D eigenvalue weighted by Crippen LogP contribution is 2.46. The molecule has 0 aliphatic rings. The average Bonchev–Trinajstić information content (AvgIpc) is 2.90. The third-order valence-corrected chi connectivity index (χ3v) is 3.88. The third-order valence-electron chi connectivity index (χ3n) is 3.66. The predicted molar refractivity (Wildman–Crippen MR) is 87.0 cm³/mol. The molecule has 0 atom stereocenters. The highest BCUT2D eigenvalue weighted by atomic mass is 35.5. The zero-order chi connectivity index (χ0) is 15.9. The maximum absolute atomic E-state index is 6.18. The second-order valence-electron chi connectivity index (χ2n) is 4.72. The quantitative estimate of drug-likeness (QED) is 0.789. The van der Waals surface area contributed by atoms with Crippen molar-refractivity contribution in [1.29, 1.82) is 0 Å². The zero-order valence-electron chi connectivity index (χ0n) is 12.7. The number of rotatable bonds is 4. The van der Waals surface area contributed by atoms with Gasteiger partial charge in [-0.25, -0.2) is 0 Å². The van der Waals surface area contributed by atoms with Crippen LogP contribution in [0.1, 0.15) is 0 Å². The van der Waals surface area contributed by atoms with Crippen LogP contribution in [0.3, 0.4) is 0 Å². The number of hydrogen-bond donors (Lipinski definition) is 1. The van der Waals surface area contributed by atoms with Crippen LogP contribution in [0.5, 0.6) is 23.0 Å². The highest BCUT2D eigenvalue weighted by Gasteiger charge is 2.20.